The Hall–Kier alpha value is -3.71. The zero-order valence-corrected chi connectivity index (χ0v) is 20.9. The normalized spacial score (nSPS) is 23.5. The Kier molecular flexibility index (Phi) is 7.37. The van der Waals surface area contributed by atoms with Gasteiger partial charge in [0, 0.05) is 13.1 Å². The van der Waals surface area contributed by atoms with Gasteiger partial charge in [0.05, 0.1) is 17.4 Å². The standard InChI is InChI=1S/C24H30N6O6S/c25-21(32)18(10-14-4-3-9-29(12-14)24(26)27)20-22(33)28-19(13-31)23(34)30(20)37(35,36)17-8-7-15-5-1-2-6-16(15)11-17/h1-2,5-8,11,14,18-20,31H,3-4,9-10,12-13H2,(H2,25,32)(H3,26,27)(H,28,33)/t14-,18-,19-,20-/m0/s1. The number of piperidine rings is 1. The third-order valence-electron chi connectivity index (χ3n) is 7.01. The number of hydrogen-bond acceptors (Lipinski definition) is 7. The van der Waals surface area contributed by atoms with Crippen LogP contribution in [0.25, 0.3) is 10.8 Å². The molecule has 2 saturated heterocycles. The van der Waals surface area contributed by atoms with Crippen LogP contribution < -0.4 is 16.8 Å². The van der Waals surface area contributed by atoms with Gasteiger partial charge >= 0.3 is 0 Å². The smallest absolute Gasteiger partial charge is 0.267 e. The number of carbonyl (C=O) groups excluding carboxylic acids is 3. The Balaban J connectivity index is 1.75. The highest BCUT2D eigenvalue weighted by Gasteiger charge is 2.52. The largest absolute Gasteiger partial charge is 0.394 e. The number of carbonyl (C=O) groups is 3. The van der Waals surface area contributed by atoms with Crippen molar-refractivity contribution < 1.29 is 27.9 Å². The van der Waals surface area contributed by atoms with Crippen molar-refractivity contribution in [2.24, 2.45) is 23.3 Å². The molecule has 4 rings (SSSR count). The molecule has 2 heterocycles. The third kappa shape index (κ3) is 5.09. The Labute approximate surface area is 214 Å². The third-order valence-corrected chi connectivity index (χ3v) is 8.78. The molecule has 0 spiro atoms. The van der Waals surface area contributed by atoms with Gasteiger partial charge in [-0.2, -0.15) is 0 Å². The number of amides is 3. The Morgan fingerprint density at radius 2 is 1.86 bits per heavy atom. The van der Waals surface area contributed by atoms with Crippen molar-refractivity contribution >= 4 is 44.5 Å². The minimum absolute atomic E-state index is 0.0119. The summed E-state index contributed by atoms with van der Waals surface area (Å²) in [6.07, 6.45) is 1.34. The maximum absolute atomic E-state index is 13.9. The number of aliphatic hydroxyl groups is 1. The van der Waals surface area contributed by atoms with Gasteiger partial charge in [-0.1, -0.05) is 30.3 Å². The number of guanidine groups is 1. The van der Waals surface area contributed by atoms with Gasteiger partial charge in [-0.25, -0.2) is 12.7 Å². The van der Waals surface area contributed by atoms with Crippen molar-refractivity contribution in [2.45, 2.75) is 36.2 Å². The fraction of sp³-hybridized carbons (Fsp3) is 0.417. The van der Waals surface area contributed by atoms with Crippen molar-refractivity contribution in [1.82, 2.24) is 14.5 Å². The number of likely N-dealkylation sites (tertiary alicyclic amines) is 1. The summed E-state index contributed by atoms with van der Waals surface area (Å²) < 4.78 is 28.1. The molecule has 37 heavy (non-hydrogen) atoms. The van der Waals surface area contributed by atoms with E-state index in [1.165, 1.54) is 12.1 Å². The number of nitrogens with two attached hydrogens (primary N) is 2. The van der Waals surface area contributed by atoms with E-state index < -0.39 is 52.4 Å². The minimum Gasteiger partial charge on any atom is -0.394 e. The Morgan fingerprint density at radius 1 is 1.16 bits per heavy atom. The summed E-state index contributed by atoms with van der Waals surface area (Å²) in [7, 11) is -4.63. The molecule has 2 fully saturated rings. The number of sulfonamides is 1. The van der Waals surface area contributed by atoms with Gasteiger partial charge < -0.3 is 26.8 Å². The maximum atomic E-state index is 13.9. The van der Waals surface area contributed by atoms with Crippen molar-refractivity contribution in [3.8, 4) is 0 Å². The molecular formula is C24H30N6O6S. The molecule has 0 radical (unpaired) electrons. The van der Waals surface area contributed by atoms with Gasteiger partial charge in [-0.15, -0.1) is 0 Å². The van der Waals surface area contributed by atoms with E-state index in [-0.39, 0.29) is 23.2 Å². The number of aliphatic hydroxyl groups excluding tert-OH is 1. The van der Waals surface area contributed by atoms with Crippen molar-refractivity contribution in [3.63, 3.8) is 0 Å². The number of benzene rings is 2. The molecule has 0 unspecified atom stereocenters. The Bertz CT molecular complexity index is 1350. The van der Waals surface area contributed by atoms with Crippen molar-refractivity contribution in [2.75, 3.05) is 19.7 Å². The van der Waals surface area contributed by atoms with Gasteiger partial charge in [0.25, 0.3) is 15.9 Å². The number of hydrogen-bond donors (Lipinski definition) is 5. The molecule has 7 N–H and O–H groups in total. The fourth-order valence-corrected chi connectivity index (χ4v) is 6.78. The van der Waals surface area contributed by atoms with E-state index in [0.29, 0.717) is 35.6 Å². The second kappa shape index (κ2) is 10.3. The van der Waals surface area contributed by atoms with Crippen molar-refractivity contribution in [1.29, 1.82) is 5.41 Å². The topological polar surface area (TPSA) is 200 Å². The number of rotatable bonds is 7. The highest BCUT2D eigenvalue weighted by Crippen LogP contribution is 2.32. The first-order chi connectivity index (χ1) is 17.5. The summed E-state index contributed by atoms with van der Waals surface area (Å²) in [6, 6.07) is 8.12. The first-order valence-electron chi connectivity index (χ1n) is 11.9. The van der Waals surface area contributed by atoms with E-state index in [2.05, 4.69) is 5.32 Å². The van der Waals surface area contributed by atoms with Gasteiger partial charge in [0.15, 0.2) is 5.96 Å². The predicted octanol–water partition coefficient (Wildman–Crippen LogP) is -0.687. The first-order valence-corrected chi connectivity index (χ1v) is 13.3. The van der Waals surface area contributed by atoms with Gasteiger partial charge in [0.2, 0.25) is 11.8 Å². The van der Waals surface area contributed by atoms with Crippen molar-refractivity contribution in [3.05, 3.63) is 42.5 Å². The summed E-state index contributed by atoms with van der Waals surface area (Å²) in [6.45, 7) is 0.0761. The number of nitrogens with zero attached hydrogens (tertiary/aromatic N) is 2. The fourth-order valence-electron chi connectivity index (χ4n) is 5.13. The lowest BCUT2D eigenvalue weighted by molar-refractivity contribution is -0.148. The SMILES string of the molecule is N=C(N)N1CCC[C@@H](C[C@H](C(N)=O)[C@H]2C(=O)N[C@@H](CO)C(=O)N2S(=O)(=O)c2ccc3ccccc3c2)C1. The summed E-state index contributed by atoms with van der Waals surface area (Å²) in [5, 5.41) is 21.1. The molecule has 4 atom stereocenters. The summed E-state index contributed by atoms with van der Waals surface area (Å²) in [5.41, 5.74) is 11.3. The van der Waals surface area contributed by atoms with Crippen LogP contribution >= 0.6 is 0 Å². The van der Waals surface area contributed by atoms with E-state index in [0.717, 1.165) is 5.39 Å². The average molecular weight is 531 g/mol. The molecule has 0 bridgehead atoms. The lowest BCUT2D eigenvalue weighted by Gasteiger charge is -2.41. The van der Waals surface area contributed by atoms with Gasteiger partial charge in [-0.3, -0.25) is 19.8 Å². The number of piperazine rings is 1. The first kappa shape index (κ1) is 26.4. The molecule has 12 nitrogen and oxygen atoms in total. The quantitative estimate of drug-likeness (QED) is 0.229. The minimum atomic E-state index is -4.63. The van der Waals surface area contributed by atoms with Crippen LogP contribution in [-0.2, 0) is 24.4 Å². The number of primary amides is 1. The lowest BCUT2D eigenvalue weighted by Crippen LogP contribution is -2.68. The average Bonchev–Trinajstić information content (AvgIpc) is 2.87. The van der Waals surface area contributed by atoms with E-state index in [9.17, 15) is 27.9 Å². The second-order valence-electron chi connectivity index (χ2n) is 9.42. The van der Waals surface area contributed by atoms with Crippen LogP contribution in [-0.4, -0.2) is 78.2 Å². The van der Waals surface area contributed by atoms with E-state index in [1.54, 1.807) is 35.2 Å². The molecule has 0 saturated carbocycles. The molecule has 2 aromatic rings. The van der Waals surface area contributed by atoms with Crippen LogP contribution in [0.15, 0.2) is 47.4 Å². The van der Waals surface area contributed by atoms with Crippen LogP contribution in [0.2, 0.25) is 0 Å². The zero-order chi connectivity index (χ0) is 26.9. The molecule has 13 heteroatoms. The molecule has 198 valence electrons. The van der Waals surface area contributed by atoms with Gasteiger partial charge in [-0.05, 0) is 48.1 Å². The predicted molar refractivity (Wildman–Crippen MR) is 134 cm³/mol. The van der Waals surface area contributed by atoms with Crippen LogP contribution in [0.1, 0.15) is 19.3 Å². The maximum Gasteiger partial charge on any atom is 0.267 e. The highest BCUT2D eigenvalue weighted by molar-refractivity contribution is 7.89. The number of nitrogens with one attached hydrogen (secondary N) is 2. The monoisotopic (exact) mass is 530 g/mol. The summed E-state index contributed by atoms with van der Waals surface area (Å²) in [5.74, 6) is -4.58. The molecule has 0 aromatic heterocycles. The Morgan fingerprint density at radius 3 is 2.51 bits per heavy atom. The molecular weight excluding hydrogens is 500 g/mol. The van der Waals surface area contributed by atoms with E-state index >= 15 is 0 Å². The second-order valence-corrected chi connectivity index (χ2v) is 11.2. The summed E-state index contributed by atoms with van der Waals surface area (Å²) in [4.78, 5) is 40.6. The molecule has 3 amide bonds. The zero-order valence-electron chi connectivity index (χ0n) is 20.0. The molecule has 2 aliphatic rings. The number of fused-ring (bicyclic) bond motifs is 1. The van der Waals surface area contributed by atoms with Crippen LogP contribution in [0.4, 0.5) is 0 Å². The van der Waals surface area contributed by atoms with Crippen LogP contribution in [0.3, 0.4) is 0 Å². The van der Waals surface area contributed by atoms with E-state index in [4.69, 9.17) is 16.9 Å². The molecule has 2 aromatic carbocycles. The lowest BCUT2D eigenvalue weighted by atomic mass is 9.83. The molecule has 2 aliphatic heterocycles. The van der Waals surface area contributed by atoms with Crippen LogP contribution in [0.5, 0.6) is 0 Å². The van der Waals surface area contributed by atoms with E-state index in [1.807, 2.05) is 0 Å². The molecule has 0 aliphatic carbocycles. The highest BCUT2D eigenvalue weighted by atomic mass is 32.2. The van der Waals surface area contributed by atoms with Gasteiger partial charge in [0.1, 0.15) is 12.1 Å². The van der Waals surface area contributed by atoms with Crippen LogP contribution in [0, 0.1) is 17.2 Å². The summed E-state index contributed by atoms with van der Waals surface area (Å²) >= 11 is 0.